The van der Waals surface area contributed by atoms with Crippen molar-refractivity contribution in [2.24, 2.45) is 9.98 Å². The van der Waals surface area contributed by atoms with Crippen LogP contribution in [0.3, 0.4) is 0 Å². The van der Waals surface area contributed by atoms with Gasteiger partial charge in [0.2, 0.25) is 12.2 Å². The Balaban J connectivity index is 3.77. The van der Waals surface area contributed by atoms with E-state index in [9.17, 15) is 9.59 Å². The zero-order valence-electron chi connectivity index (χ0n) is 11.3. The summed E-state index contributed by atoms with van der Waals surface area (Å²) >= 11 is 0. The van der Waals surface area contributed by atoms with Crippen LogP contribution < -0.4 is 0 Å². The summed E-state index contributed by atoms with van der Waals surface area (Å²) in [7, 11) is 0. The van der Waals surface area contributed by atoms with E-state index in [-0.39, 0.29) is 5.41 Å². The zero-order valence-corrected chi connectivity index (χ0v) is 11.3. The van der Waals surface area contributed by atoms with Crippen LogP contribution in [0.1, 0.15) is 37.5 Å². The van der Waals surface area contributed by atoms with Gasteiger partial charge in [-0.25, -0.2) is 9.59 Å². The average Bonchev–Trinajstić information content (AvgIpc) is 2.27. The number of aliphatic imine (C=N–C) groups is 2. The normalized spacial score (nSPS) is 10.5. The van der Waals surface area contributed by atoms with Crippen molar-refractivity contribution < 1.29 is 9.59 Å². The maximum atomic E-state index is 10.6. The summed E-state index contributed by atoms with van der Waals surface area (Å²) in [4.78, 5) is 28.5. The van der Waals surface area contributed by atoms with Crippen molar-refractivity contribution >= 4 is 23.5 Å². The summed E-state index contributed by atoms with van der Waals surface area (Å²) in [5.74, 6) is 0. The van der Waals surface area contributed by atoms with Gasteiger partial charge < -0.3 is 0 Å². The Hall–Kier alpha value is -2.02. The fourth-order valence-corrected chi connectivity index (χ4v) is 1.81. The molecular formula is C14H16N2O2. The molecule has 18 heavy (non-hydrogen) atoms. The quantitative estimate of drug-likeness (QED) is 0.590. The van der Waals surface area contributed by atoms with Crippen LogP contribution >= 0.6 is 0 Å². The van der Waals surface area contributed by atoms with Gasteiger partial charge in [-0.05, 0) is 42.0 Å². The van der Waals surface area contributed by atoms with E-state index in [0.717, 1.165) is 16.7 Å². The molecule has 1 rings (SSSR count). The molecule has 0 aliphatic heterocycles. The van der Waals surface area contributed by atoms with Gasteiger partial charge in [-0.2, -0.15) is 9.98 Å². The number of hydrogen-bond acceptors (Lipinski definition) is 4. The molecule has 0 bridgehead atoms. The van der Waals surface area contributed by atoms with Crippen molar-refractivity contribution in [1.82, 2.24) is 0 Å². The predicted molar refractivity (Wildman–Crippen MR) is 70.2 cm³/mol. The smallest absolute Gasteiger partial charge is 0.211 e. The van der Waals surface area contributed by atoms with Crippen LogP contribution in [0.25, 0.3) is 0 Å². The van der Waals surface area contributed by atoms with Gasteiger partial charge in [0.15, 0.2) is 0 Å². The number of carbonyl (C=O) groups excluding carboxylic acids is 2. The molecule has 0 amide bonds. The molecule has 1 aromatic rings. The Morgan fingerprint density at radius 2 is 1.56 bits per heavy atom. The number of isocyanates is 2. The fourth-order valence-electron chi connectivity index (χ4n) is 1.81. The van der Waals surface area contributed by atoms with Gasteiger partial charge in [0.1, 0.15) is 0 Å². The highest BCUT2D eigenvalue weighted by Crippen LogP contribution is 2.39. The molecule has 0 spiro atoms. The first-order valence-corrected chi connectivity index (χ1v) is 5.63. The van der Waals surface area contributed by atoms with Crippen LogP contribution in [0.5, 0.6) is 0 Å². The molecule has 4 nitrogen and oxygen atoms in total. The minimum absolute atomic E-state index is 0.207. The van der Waals surface area contributed by atoms with Crippen molar-refractivity contribution in [3.63, 3.8) is 0 Å². The third-order valence-corrected chi connectivity index (χ3v) is 2.97. The van der Waals surface area contributed by atoms with E-state index in [4.69, 9.17) is 0 Å². The molecule has 0 fully saturated rings. The second-order valence-electron chi connectivity index (χ2n) is 5.20. The lowest BCUT2D eigenvalue weighted by Gasteiger charge is -2.23. The molecule has 0 saturated heterocycles. The molecule has 1 aromatic carbocycles. The van der Waals surface area contributed by atoms with E-state index in [1.54, 1.807) is 18.2 Å². The van der Waals surface area contributed by atoms with Crippen LogP contribution in [-0.4, -0.2) is 12.2 Å². The van der Waals surface area contributed by atoms with E-state index in [1.165, 1.54) is 0 Å². The van der Waals surface area contributed by atoms with Gasteiger partial charge >= 0.3 is 0 Å². The molecule has 0 atom stereocenters. The second-order valence-corrected chi connectivity index (χ2v) is 5.20. The molecule has 94 valence electrons. The van der Waals surface area contributed by atoms with E-state index in [2.05, 4.69) is 9.98 Å². The number of hydrogen-bond donors (Lipinski definition) is 0. The Morgan fingerprint density at radius 1 is 1.00 bits per heavy atom. The third-order valence-electron chi connectivity index (χ3n) is 2.97. The molecule has 0 heterocycles. The van der Waals surface area contributed by atoms with Gasteiger partial charge in [0.25, 0.3) is 0 Å². The molecule has 0 saturated carbocycles. The van der Waals surface area contributed by atoms with Gasteiger partial charge in [0, 0.05) is 0 Å². The molecule has 0 aromatic heterocycles. The van der Waals surface area contributed by atoms with Crippen LogP contribution in [0.15, 0.2) is 16.1 Å². The van der Waals surface area contributed by atoms with Gasteiger partial charge in [-0.15, -0.1) is 0 Å². The van der Waals surface area contributed by atoms with E-state index < -0.39 is 0 Å². The standard InChI is InChI=1S/C14H16N2O2/c1-9-10(2)13(16-8-18)11(14(3,4)5)6-12(9)15-7-17/h6H,1-5H3. The highest BCUT2D eigenvalue weighted by molar-refractivity contribution is 5.70. The van der Waals surface area contributed by atoms with Crippen molar-refractivity contribution in [1.29, 1.82) is 0 Å². The topological polar surface area (TPSA) is 58.9 Å². The van der Waals surface area contributed by atoms with Crippen molar-refractivity contribution in [2.75, 3.05) is 0 Å². The van der Waals surface area contributed by atoms with Gasteiger partial charge in [-0.1, -0.05) is 20.8 Å². The summed E-state index contributed by atoms with van der Waals surface area (Å²) in [5, 5.41) is 0. The summed E-state index contributed by atoms with van der Waals surface area (Å²) in [6.45, 7) is 9.71. The summed E-state index contributed by atoms with van der Waals surface area (Å²) in [6, 6.07) is 1.78. The highest BCUT2D eigenvalue weighted by atomic mass is 16.1. The van der Waals surface area contributed by atoms with Crippen LogP contribution in [-0.2, 0) is 15.0 Å². The van der Waals surface area contributed by atoms with Crippen LogP contribution in [0, 0.1) is 13.8 Å². The first-order chi connectivity index (χ1) is 8.32. The number of rotatable bonds is 2. The first-order valence-electron chi connectivity index (χ1n) is 5.63. The number of benzene rings is 1. The second kappa shape index (κ2) is 5.09. The minimum atomic E-state index is -0.207. The van der Waals surface area contributed by atoms with Crippen molar-refractivity contribution in [3.8, 4) is 0 Å². The van der Waals surface area contributed by atoms with E-state index in [1.807, 2.05) is 34.6 Å². The molecule has 0 N–H and O–H groups in total. The summed E-state index contributed by atoms with van der Waals surface area (Å²) in [6.07, 6.45) is 3.13. The van der Waals surface area contributed by atoms with E-state index >= 15 is 0 Å². The maximum absolute atomic E-state index is 10.6. The Labute approximate surface area is 106 Å². The Kier molecular flexibility index (Phi) is 3.97. The molecule has 0 aliphatic rings. The molecule has 0 aliphatic carbocycles. The fraction of sp³-hybridized carbons (Fsp3) is 0.429. The number of nitrogens with zero attached hydrogens (tertiary/aromatic N) is 2. The van der Waals surface area contributed by atoms with Crippen LogP contribution in [0.4, 0.5) is 11.4 Å². The van der Waals surface area contributed by atoms with Gasteiger partial charge in [0.05, 0.1) is 11.4 Å². The molecular weight excluding hydrogens is 228 g/mol. The molecule has 0 unspecified atom stereocenters. The van der Waals surface area contributed by atoms with E-state index in [0.29, 0.717) is 11.4 Å². The highest BCUT2D eigenvalue weighted by Gasteiger charge is 2.22. The first kappa shape index (κ1) is 14.0. The van der Waals surface area contributed by atoms with Crippen LogP contribution in [0.2, 0.25) is 0 Å². The summed E-state index contributed by atoms with van der Waals surface area (Å²) in [5.41, 5.74) is 3.49. The summed E-state index contributed by atoms with van der Waals surface area (Å²) < 4.78 is 0. The average molecular weight is 244 g/mol. The molecule has 4 heteroatoms. The molecule has 0 radical (unpaired) electrons. The lowest BCUT2D eigenvalue weighted by Crippen LogP contribution is -2.12. The predicted octanol–water partition coefficient (Wildman–Crippen LogP) is 3.54. The largest absolute Gasteiger partial charge is 0.240 e. The SMILES string of the molecule is Cc1c(N=C=O)cc(C(C)(C)C)c(N=C=O)c1C. The monoisotopic (exact) mass is 244 g/mol. The third kappa shape index (κ3) is 2.62. The zero-order chi connectivity index (χ0) is 13.9. The lowest BCUT2D eigenvalue weighted by atomic mass is 9.83. The van der Waals surface area contributed by atoms with Crippen molar-refractivity contribution in [2.45, 2.75) is 40.0 Å². The Bertz CT molecular complexity index is 570. The lowest BCUT2D eigenvalue weighted by molar-refractivity contribution is 0.563. The maximum Gasteiger partial charge on any atom is 0.240 e. The van der Waals surface area contributed by atoms with Crippen molar-refractivity contribution in [3.05, 3.63) is 22.8 Å². The van der Waals surface area contributed by atoms with Gasteiger partial charge in [-0.3, -0.25) is 0 Å². The Morgan fingerprint density at radius 3 is 2.00 bits per heavy atom. The minimum Gasteiger partial charge on any atom is -0.211 e.